The molecule has 3 aliphatic rings. The second-order valence-electron chi connectivity index (χ2n) is 10.7. The molecule has 2 fully saturated rings. The summed E-state index contributed by atoms with van der Waals surface area (Å²) in [5.74, 6) is 2.50. The van der Waals surface area contributed by atoms with Crippen LogP contribution in [0, 0.1) is 0 Å². The van der Waals surface area contributed by atoms with Crippen molar-refractivity contribution in [3.63, 3.8) is 0 Å². The van der Waals surface area contributed by atoms with E-state index in [-0.39, 0.29) is 0 Å². The van der Waals surface area contributed by atoms with Crippen LogP contribution in [0.3, 0.4) is 0 Å². The van der Waals surface area contributed by atoms with Gasteiger partial charge in [0.1, 0.15) is 0 Å². The zero-order chi connectivity index (χ0) is 23.7. The second kappa shape index (κ2) is 13.6. The number of unbranched alkanes of at least 4 members (excludes halogenated alkanes) is 2. The van der Waals surface area contributed by atoms with E-state index >= 15 is 0 Å². The summed E-state index contributed by atoms with van der Waals surface area (Å²) < 4.78 is 0. The summed E-state index contributed by atoms with van der Waals surface area (Å²) in [4.78, 5) is 8.25. The van der Waals surface area contributed by atoms with E-state index in [0.717, 1.165) is 6.42 Å². The smallest absolute Gasteiger partial charge is 0.00752 e. The third-order valence-corrected chi connectivity index (χ3v) is 10.2. The molecule has 0 radical (unpaired) electrons. The zero-order valence-corrected chi connectivity index (χ0v) is 23.2. The zero-order valence-electron chi connectivity index (χ0n) is 21.6. The molecule has 4 heteroatoms. The maximum atomic E-state index is 2.67. The number of hydrogen-bond donors (Lipinski definition) is 0. The summed E-state index contributed by atoms with van der Waals surface area (Å²) in [5.41, 5.74) is 5.99. The number of piperidine rings is 2. The van der Waals surface area contributed by atoms with Crippen molar-refractivity contribution in [1.82, 2.24) is 9.80 Å². The van der Waals surface area contributed by atoms with Gasteiger partial charge in [-0.1, -0.05) is 25.0 Å². The fourth-order valence-corrected chi connectivity index (χ4v) is 7.91. The van der Waals surface area contributed by atoms with Crippen molar-refractivity contribution in [1.29, 1.82) is 0 Å². The Morgan fingerprint density at radius 2 is 1.00 bits per heavy atom. The van der Waals surface area contributed by atoms with E-state index in [0.29, 0.717) is 0 Å². The standard InChI is InChI=1S/C31H44N2S2/c1-3-15-32(16-4-1)19-7-9-21-34-28-11-13-30-26(24-28)23-27-25-29(12-14-31(27)30)35-22-10-8-20-33-17-5-2-6-18-33/h11-14,24-25H,1-10,15-23H2. The van der Waals surface area contributed by atoms with E-state index in [4.69, 9.17) is 0 Å². The van der Waals surface area contributed by atoms with E-state index in [9.17, 15) is 0 Å². The molecule has 2 aromatic rings. The SMILES string of the molecule is c1cc2c(cc1SCCCCN1CCCCC1)Cc1cc(SCCCCN3CCCCC3)ccc1-2. The summed E-state index contributed by atoms with van der Waals surface area (Å²) in [6, 6.07) is 14.4. The summed E-state index contributed by atoms with van der Waals surface area (Å²) in [7, 11) is 0. The molecule has 0 amide bonds. The molecular formula is C31H44N2S2. The molecule has 2 saturated heterocycles. The van der Waals surface area contributed by atoms with Gasteiger partial charge in [-0.05, 0) is 155 Å². The molecule has 2 aliphatic heterocycles. The predicted molar refractivity (Wildman–Crippen MR) is 155 cm³/mol. The number of likely N-dealkylation sites (tertiary alicyclic amines) is 2. The first-order valence-corrected chi connectivity index (χ1v) is 16.3. The largest absolute Gasteiger partial charge is 0.303 e. The molecule has 0 aromatic heterocycles. The maximum Gasteiger partial charge on any atom is 0.00752 e. The number of nitrogens with zero attached hydrogens (tertiary/aromatic N) is 2. The molecule has 0 atom stereocenters. The Balaban J connectivity index is 1.03. The number of fused-ring (bicyclic) bond motifs is 3. The van der Waals surface area contributed by atoms with Crippen molar-refractivity contribution in [3.8, 4) is 11.1 Å². The number of benzene rings is 2. The maximum absolute atomic E-state index is 2.67. The Morgan fingerprint density at radius 1 is 0.543 bits per heavy atom. The van der Waals surface area contributed by atoms with Crippen LogP contribution in [0.5, 0.6) is 0 Å². The molecule has 2 aromatic carbocycles. The van der Waals surface area contributed by atoms with Crippen LogP contribution in [0.2, 0.25) is 0 Å². The molecule has 0 saturated carbocycles. The van der Waals surface area contributed by atoms with Gasteiger partial charge in [-0.3, -0.25) is 0 Å². The minimum Gasteiger partial charge on any atom is -0.303 e. The summed E-state index contributed by atoms with van der Waals surface area (Å²) in [6.07, 6.45) is 15.0. The Morgan fingerprint density at radius 3 is 1.46 bits per heavy atom. The lowest BCUT2D eigenvalue weighted by Crippen LogP contribution is -2.30. The molecule has 2 heterocycles. The van der Waals surface area contributed by atoms with Crippen LogP contribution in [-0.2, 0) is 6.42 Å². The van der Waals surface area contributed by atoms with Crippen LogP contribution in [0.4, 0.5) is 0 Å². The third kappa shape index (κ3) is 7.53. The topological polar surface area (TPSA) is 6.48 Å². The average Bonchev–Trinajstić information content (AvgIpc) is 3.26. The highest BCUT2D eigenvalue weighted by molar-refractivity contribution is 7.99. The van der Waals surface area contributed by atoms with Gasteiger partial charge in [-0.15, -0.1) is 23.5 Å². The first-order valence-electron chi connectivity index (χ1n) is 14.3. The van der Waals surface area contributed by atoms with Gasteiger partial charge in [0.25, 0.3) is 0 Å². The molecule has 2 nitrogen and oxygen atoms in total. The van der Waals surface area contributed by atoms with Crippen molar-refractivity contribution in [2.75, 3.05) is 50.8 Å². The van der Waals surface area contributed by atoms with Crippen molar-refractivity contribution >= 4 is 23.5 Å². The quantitative estimate of drug-likeness (QED) is 0.181. The fourth-order valence-electron chi connectivity index (χ4n) is 5.96. The Kier molecular flexibility index (Phi) is 9.96. The molecule has 190 valence electrons. The minimum atomic E-state index is 1.11. The third-order valence-electron chi connectivity index (χ3n) is 8.00. The van der Waals surface area contributed by atoms with Gasteiger partial charge >= 0.3 is 0 Å². The molecular weight excluding hydrogens is 464 g/mol. The molecule has 0 spiro atoms. The Labute approximate surface area is 222 Å². The van der Waals surface area contributed by atoms with E-state index < -0.39 is 0 Å². The highest BCUT2D eigenvalue weighted by Gasteiger charge is 2.19. The molecule has 0 unspecified atom stereocenters. The van der Waals surface area contributed by atoms with Crippen LogP contribution in [0.15, 0.2) is 46.2 Å². The van der Waals surface area contributed by atoms with Gasteiger partial charge in [-0.25, -0.2) is 0 Å². The van der Waals surface area contributed by atoms with Crippen LogP contribution in [-0.4, -0.2) is 60.6 Å². The van der Waals surface area contributed by atoms with Crippen molar-refractivity contribution in [2.45, 2.75) is 80.4 Å². The molecule has 35 heavy (non-hydrogen) atoms. The highest BCUT2D eigenvalue weighted by Crippen LogP contribution is 2.40. The van der Waals surface area contributed by atoms with Crippen LogP contribution in [0.1, 0.15) is 75.3 Å². The van der Waals surface area contributed by atoms with Gasteiger partial charge in [0.05, 0.1) is 0 Å². The van der Waals surface area contributed by atoms with Gasteiger partial charge in [0, 0.05) is 9.79 Å². The van der Waals surface area contributed by atoms with E-state index in [1.807, 2.05) is 0 Å². The van der Waals surface area contributed by atoms with Gasteiger partial charge in [-0.2, -0.15) is 0 Å². The average molecular weight is 509 g/mol. The Hall–Kier alpha value is -0.940. The number of hydrogen-bond acceptors (Lipinski definition) is 4. The molecule has 5 rings (SSSR count). The van der Waals surface area contributed by atoms with Gasteiger partial charge in [0.2, 0.25) is 0 Å². The first kappa shape index (κ1) is 25.7. The molecule has 1 aliphatic carbocycles. The van der Waals surface area contributed by atoms with Gasteiger partial charge in [0.15, 0.2) is 0 Å². The minimum absolute atomic E-state index is 1.11. The van der Waals surface area contributed by atoms with Crippen molar-refractivity contribution in [3.05, 3.63) is 47.5 Å². The number of rotatable bonds is 12. The van der Waals surface area contributed by atoms with Crippen molar-refractivity contribution in [2.24, 2.45) is 0 Å². The number of thioether (sulfide) groups is 2. The Bertz CT molecular complexity index is 856. The highest BCUT2D eigenvalue weighted by atomic mass is 32.2. The fraction of sp³-hybridized carbons (Fsp3) is 0.613. The first-order chi connectivity index (χ1) is 17.3. The van der Waals surface area contributed by atoms with Crippen molar-refractivity contribution < 1.29 is 0 Å². The lowest BCUT2D eigenvalue weighted by atomic mass is 10.1. The van der Waals surface area contributed by atoms with Crippen LogP contribution >= 0.6 is 23.5 Å². The van der Waals surface area contributed by atoms with E-state index in [2.05, 4.69) is 69.7 Å². The van der Waals surface area contributed by atoms with Gasteiger partial charge < -0.3 is 9.80 Å². The van der Waals surface area contributed by atoms with Crippen LogP contribution < -0.4 is 0 Å². The van der Waals surface area contributed by atoms with E-state index in [1.54, 1.807) is 0 Å². The predicted octanol–water partition coefficient (Wildman–Crippen LogP) is 7.97. The monoisotopic (exact) mass is 508 g/mol. The summed E-state index contributed by atoms with van der Waals surface area (Å²) in [6.45, 7) is 7.93. The van der Waals surface area contributed by atoms with E-state index in [1.165, 1.54) is 147 Å². The summed E-state index contributed by atoms with van der Waals surface area (Å²) >= 11 is 4.11. The lowest BCUT2D eigenvalue weighted by molar-refractivity contribution is 0.226. The lowest BCUT2D eigenvalue weighted by Gasteiger charge is -2.26. The normalized spacial score (nSPS) is 18.5. The molecule has 0 bridgehead atoms. The van der Waals surface area contributed by atoms with Crippen LogP contribution in [0.25, 0.3) is 11.1 Å². The molecule has 0 N–H and O–H groups in total. The second-order valence-corrected chi connectivity index (χ2v) is 13.1. The summed E-state index contributed by atoms with van der Waals surface area (Å²) in [5, 5.41) is 0.